The lowest BCUT2D eigenvalue weighted by atomic mass is 10.2. The molecule has 1 fully saturated rings. The highest BCUT2D eigenvalue weighted by Crippen LogP contribution is 2.21. The third kappa shape index (κ3) is 2.81. The summed E-state index contributed by atoms with van der Waals surface area (Å²) in [4.78, 5) is 11.6. The molecule has 16 heavy (non-hydrogen) atoms. The van der Waals surface area contributed by atoms with Crippen molar-refractivity contribution < 1.29 is 14.3 Å². The fraction of sp³-hybridized carbons (Fsp3) is 0.545. The zero-order valence-electron chi connectivity index (χ0n) is 9.19. The number of carbonyl (C=O) groups excluding carboxylic acids is 1. The summed E-state index contributed by atoms with van der Waals surface area (Å²) in [6.45, 7) is 3.73. The fourth-order valence-corrected chi connectivity index (χ4v) is 2.24. The first-order valence-corrected chi connectivity index (χ1v) is 6.22. The summed E-state index contributed by atoms with van der Waals surface area (Å²) < 4.78 is 10.9. The van der Waals surface area contributed by atoms with E-state index in [1.807, 2.05) is 23.8 Å². The Bertz CT molecular complexity index is 344. The molecule has 1 aromatic heterocycles. The molecule has 0 unspecified atom stereocenters. The molecule has 1 amide bonds. The normalized spacial score (nSPS) is 18.6. The Labute approximate surface area is 98.6 Å². The van der Waals surface area contributed by atoms with Gasteiger partial charge >= 0.3 is 0 Å². The summed E-state index contributed by atoms with van der Waals surface area (Å²) in [6, 6.07) is 1.81. The van der Waals surface area contributed by atoms with Gasteiger partial charge < -0.3 is 14.8 Å². The number of ether oxygens (including phenoxy) is 2. The van der Waals surface area contributed by atoms with Crippen molar-refractivity contribution in [2.45, 2.75) is 19.1 Å². The Kier molecular flexibility index (Phi) is 3.58. The molecule has 0 aromatic carbocycles. The number of thiophene rings is 1. The van der Waals surface area contributed by atoms with E-state index in [-0.39, 0.29) is 5.91 Å². The lowest BCUT2D eigenvalue weighted by Gasteiger charge is -2.21. The average Bonchev–Trinajstić information content (AvgIpc) is 2.88. The van der Waals surface area contributed by atoms with E-state index in [0.717, 1.165) is 0 Å². The van der Waals surface area contributed by atoms with Gasteiger partial charge in [0.25, 0.3) is 5.91 Å². The molecule has 1 aliphatic rings. The summed E-state index contributed by atoms with van der Waals surface area (Å²) in [5.41, 5.74) is 0.711. The van der Waals surface area contributed by atoms with Gasteiger partial charge in [0.2, 0.25) is 0 Å². The highest BCUT2D eigenvalue weighted by Gasteiger charge is 2.30. The minimum absolute atomic E-state index is 0.0390. The predicted octanol–water partition coefficient (Wildman–Crippen LogP) is 1.63. The molecule has 1 saturated heterocycles. The van der Waals surface area contributed by atoms with Crippen LogP contribution in [0.15, 0.2) is 16.8 Å². The number of carbonyl (C=O) groups is 1. The predicted molar refractivity (Wildman–Crippen MR) is 61.6 cm³/mol. The first-order chi connectivity index (χ1) is 7.70. The maximum Gasteiger partial charge on any atom is 0.252 e. The number of amides is 1. The van der Waals surface area contributed by atoms with Crippen LogP contribution in [0.3, 0.4) is 0 Å². The summed E-state index contributed by atoms with van der Waals surface area (Å²) in [5, 5.41) is 6.57. The van der Waals surface area contributed by atoms with Gasteiger partial charge in [-0.15, -0.1) is 0 Å². The van der Waals surface area contributed by atoms with Gasteiger partial charge in [-0.1, -0.05) is 0 Å². The molecule has 2 rings (SSSR count). The van der Waals surface area contributed by atoms with Gasteiger partial charge in [0.1, 0.15) is 0 Å². The highest BCUT2D eigenvalue weighted by molar-refractivity contribution is 7.08. The topological polar surface area (TPSA) is 47.6 Å². The fourth-order valence-electron chi connectivity index (χ4n) is 1.60. The smallest absolute Gasteiger partial charge is 0.252 e. The molecule has 0 radical (unpaired) electrons. The van der Waals surface area contributed by atoms with E-state index < -0.39 is 5.79 Å². The maximum absolute atomic E-state index is 11.6. The van der Waals surface area contributed by atoms with Crippen molar-refractivity contribution in [3.05, 3.63) is 22.4 Å². The molecule has 4 nitrogen and oxygen atoms in total. The van der Waals surface area contributed by atoms with Crippen LogP contribution < -0.4 is 5.32 Å². The Morgan fingerprint density at radius 2 is 2.31 bits per heavy atom. The maximum atomic E-state index is 11.6. The second-order valence-electron chi connectivity index (χ2n) is 3.85. The van der Waals surface area contributed by atoms with E-state index >= 15 is 0 Å². The Balaban J connectivity index is 1.74. The quantitative estimate of drug-likeness (QED) is 0.871. The van der Waals surface area contributed by atoms with Crippen molar-refractivity contribution >= 4 is 17.2 Å². The van der Waals surface area contributed by atoms with Crippen molar-refractivity contribution in [2.75, 3.05) is 19.8 Å². The van der Waals surface area contributed by atoms with Crippen LogP contribution in [0.25, 0.3) is 0 Å². The first-order valence-electron chi connectivity index (χ1n) is 5.28. The van der Waals surface area contributed by atoms with E-state index in [0.29, 0.717) is 31.7 Å². The molecule has 0 bridgehead atoms. The summed E-state index contributed by atoms with van der Waals surface area (Å²) in [5.74, 6) is -0.565. The summed E-state index contributed by atoms with van der Waals surface area (Å²) >= 11 is 1.52. The molecule has 0 spiro atoms. The largest absolute Gasteiger partial charge is 0.352 e. The van der Waals surface area contributed by atoms with E-state index in [2.05, 4.69) is 5.32 Å². The van der Waals surface area contributed by atoms with Gasteiger partial charge in [-0.2, -0.15) is 11.3 Å². The highest BCUT2D eigenvalue weighted by atomic mass is 32.1. The minimum atomic E-state index is -0.526. The van der Waals surface area contributed by atoms with Gasteiger partial charge in [0, 0.05) is 23.9 Å². The SMILES string of the molecule is CC1(CCNC(=O)c2ccsc2)OCCO1. The molecule has 2 heterocycles. The second-order valence-corrected chi connectivity index (χ2v) is 4.63. The van der Waals surface area contributed by atoms with Crippen LogP contribution in [-0.2, 0) is 9.47 Å². The standard InChI is InChI=1S/C11H15NO3S/c1-11(14-5-6-15-11)3-4-12-10(13)9-2-7-16-8-9/h2,7-8H,3-6H2,1H3,(H,12,13). The number of nitrogens with one attached hydrogen (secondary N) is 1. The summed E-state index contributed by atoms with van der Waals surface area (Å²) in [7, 11) is 0. The number of hydrogen-bond acceptors (Lipinski definition) is 4. The van der Waals surface area contributed by atoms with E-state index in [1.54, 1.807) is 0 Å². The zero-order valence-corrected chi connectivity index (χ0v) is 10.0. The molecule has 0 saturated carbocycles. The van der Waals surface area contributed by atoms with Crippen LogP contribution >= 0.6 is 11.3 Å². The number of rotatable bonds is 4. The second kappa shape index (κ2) is 4.95. The van der Waals surface area contributed by atoms with Crippen LogP contribution in [0.1, 0.15) is 23.7 Å². The van der Waals surface area contributed by atoms with Crippen molar-refractivity contribution in [1.82, 2.24) is 5.32 Å². The van der Waals surface area contributed by atoms with E-state index in [9.17, 15) is 4.79 Å². The van der Waals surface area contributed by atoms with Crippen molar-refractivity contribution in [3.63, 3.8) is 0 Å². The number of hydrogen-bond donors (Lipinski definition) is 1. The minimum Gasteiger partial charge on any atom is -0.352 e. The van der Waals surface area contributed by atoms with Gasteiger partial charge in [-0.3, -0.25) is 4.79 Å². The lowest BCUT2D eigenvalue weighted by Crippen LogP contribution is -2.33. The Hall–Kier alpha value is -0.910. The zero-order chi connectivity index (χ0) is 11.4. The van der Waals surface area contributed by atoms with E-state index in [4.69, 9.17) is 9.47 Å². The van der Waals surface area contributed by atoms with E-state index in [1.165, 1.54) is 11.3 Å². The van der Waals surface area contributed by atoms with Crippen molar-refractivity contribution in [3.8, 4) is 0 Å². The van der Waals surface area contributed by atoms with Gasteiger partial charge in [0.15, 0.2) is 5.79 Å². The monoisotopic (exact) mass is 241 g/mol. The average molecular weight is 241 g/mol. The van der Waals surface area contributed by atoms with Crippen LogP contribution in [-0.4, -0.2) is 31.5 Å². The third-order valence-corrected chi connectivity index (χ3v) is 3.23. The molecule has 5 heteroatoms. The summed E-state index contributed by atoms with van der Waals surface area (Å²) in [6.07, 6.45) is 0.670. The van der Waals surface area contributed by atoms with Crippen molar-refractivity contribution in [2.24, 2.45) is 0 Å². The van der Waals surface area contributed by atoms with Crippen LogP contribution in [0, 0.1) is 0 Å². The third-order valence-electron chi connectivity index (χ3n) is 2.55. The molecule has 0 atom stereocenters. The molecular weight excluding hydrogens is 226 g/mol. The first kappa shape index (κ1) is 11.6. The molecule has 0 aliphatic carbocycles. The molecule has 88 valence electrons. The Morgan fingerprint density at radius 3 is 2.94 bits per heavy atom. The molecule has 1 aliphatic heterocycles. The molecule has 1 N–H and O–H groups in total. The Morgan fingerprint density at radius 1 is 1.56 bits per heavy atom. The molecule has 1 aromatic rings. The van der Waals surface area contributed by atoms with Gasteiger partial charge in [-0.05, 0) is 18.4 Å². The van der Waals surface area contributed by atoms with Gasteiger partial charge in [0.05, 0.1) is 13.2 Å². The van der Waals surface area contributed by atoms with Crippen molar-refractivity contribution in [1.29, 1.82) is 0 Å². The molecular formula is C11H15NO3S. The van der Waals surface area contributed by atoms with Crippen LogP contribution in [0.4, 0.5) is 0 Å². The van der Waals surface area contributed by atoms with Gasteiger partial charge in [-0.25, -0.2) is 0 Å². The van der Waals surface area contributed by atoms with Crippen LogP contribution in [0.2, 0.25) is 0 Å². The lowest BCUT2D eigenvalue weighted by molar-refractivity contribution is -0.145. The van der Waals surface area contributed by atoms with Crippen LogP contribution in [0.5, 0.6) is 0 Å².